The van der Waals surface area contributed by atoms with Crippen LogP contribution in [0.1, 0.15) is 62.9 Å². The molecule has 190 valence electrons. The van der Waals surface area contributed by atoms with Gasteiger partial charge in [-0.2, -0.15) is 0 Å². The third-order valence-corrected chi connectivity index (χ3v) is 6.28. The van der Waals surface area contributed by atoms with Crippen LogP contribution in [-0.4, -0.2) is 28.2 Å². The summed E-state index contributed by atoms with van der Waals surface area (Å²) in [5.74, 6) is 0.466. The minimum atomic E-state index is -0.785. The van der Waals surface area contributed by atoms with Crippen molar-refractivity contribution in [2.45, 2.75) is 59.0 Å². The molecule has 1 aromatic heterocycles. The summed E-state index contributed by atoms with van der Waals surface area (Å²) in [6.07, 6.45) is 4.47. The molecule has 36 heavy (non-hydrogen) atoms. The van der Waals surface area contributed by atoms with Gasteiger partial charge >= 0.3 is 5.97 Å². The molecule has 1 unspecified atom stereocenters. The molecule has 1 aliphatic rings. The topological polar surface area (TPSA) is 81.5 Å². The van der Waals surface area contributed by atoms with E-state index in [0.29, 0.717) is 46.5 Å². The van der Waals surface area contributed by atoms with Crippen molar-refractivity contribution < 1.29 is 23.8 Å². The number of hydrogen-bond donors (Lipinski definition) is 1. The number of ether oxygens (including phenoxy) is 2. The fourth-order valence-corrected chi connectivity index (χ4v) is 4.44. The molecule has 6 nitrogen and oxygen atoms in total. The molecule has 1 aliphatic carbocycles. The maximum absolute atomic E-state index is 14.7. The summed E-state index contributed by atoms with van der Waals surface area (Å²) in [5, 5.41) is 9.32. The van der Waals surface area contributed by atoms with Crippen LogP contribution in [-0.2, 0) is 17.8 Å². The van der Waals surface area contributed by atoms with Gasteiger partial charge in [-0.3, -0.25) is 14.8 Å². The van der Waals surface area contributed by atoms with Crippen LogP contribution < -0.4 is 9.47 Å². The van der Waals surface area contributed by atoms with Gasteiger partial charge < -0.3 is 14.6 Å². The molecule has 1 heterocycles. The second-order valence-electron chi connectivity index (χ2n) is 10.6. The lowest BCUT2D eigenvalue weighted by molar-refractivity contribution is -0.137. The number of aromatic nitrogens is 2. The summed E-state index contributed by atoms with van der Waals surface area (Å²) in [7, 11) is 1.54. The van der Waals surface area contributed by atoms with E-state index < -0.39 is 5.97 Å². The monoisotopic (exact) mass is 492 g/mol. The zero-order valence-electron chi connectivity index (χ0n) is 21.3. The Hall–Kier alpha value is -3.48. The number of benzene rings is 2. The molecular formula is C29H33FN2O4. The van der Waals surface area contributed by atoms with Crippen LogP contribution in [0, 0.1) is 17.2 Å². The first kappa shape index (κ1) is 25.6. The molecule has 3 aromatic rings. The van der Waals surface area contributed by atoms with Gasteiger partial charge in [0.1, 0.15) is 23.9 Å². The number of carboxylic acid groups (broad SMARTS) is 1. The predicted octanol–water partition coefficient (Wildman–Crippen LogP) is 6.43. The van der Waals surface area contributed by atoms with Crippen molar-refractivity contribution in [2.24, 2.45) is 11.3 Å². The zero-order chi connectivity index (χ0) is 25.9. The average molecular weight is 493 g/mol. The van der Waals surface area contributed by atoms with Gasteiger partial charge in [0.25, 0.3) is 0 Å². The molecule has 7 heteroatoms. The average Bonchev–Trinajstić information content (AvgIpc) is 3.66. The summed E-state index contributed by atoms with van der Waals surface area (Å²) in [4.78, 5) is 20.7. The highest BCUT2D eigenvalue weighted by molar-refractivity contribution is 5.68. The van der Waals surface area contributed by atoms with E-state index in [1.54, 1.807) is 25.4 Å². The maximum atomic E-state index is 14.7. The van der Waals surface area contributed by atoms with Gasteiger partial charge in [-0.25, -0.2) is 4.39 Å². The lowest BCUT2D eigenvalue weighted by atomic mass is 9.88. The minimum Gasteiger partial charge on any atom is -0.497 e. The first-order chi connectivity index (χ1) is 17.1. The Labute approximate surface area is 211 Å². The van der Waals surface area contributed by atoms with E-state index >= 15 is 0 Å². The molecule has 0 bridgehead atoms. The van der Waals surface area contributed by atoms with Gasteiger partial charge in [-0.1, -0.05) is 32.9 Å². The largest absolute Gasteiger partial charge is 0.497 e. The number of rotatable bonds is 10. The van der Waals surface area contributed by atoms with Crippen LogP contribution in [0.25, 0.3) is 11.3 Å². The summed E-state index contributed by atoms with van der Waals surface area (Å²) in [5.41, 5.74) is 3.07. The highest BCUT2D eigenvalue weighted by Gasteiger charge is 2.33. The van der Waals surface area contributed by atoms with Crippen molar-refractivity contribution in [1.29, 1.82) is 0 Å². The Morgan fingerprint density at radius 1 is 1.17 bits per heavy atom. The van der Waals surface area contributed by atoms with Crippen molar-refractivity contribution in [1.82, 2.24) is 9.97 Å². The normalized spacial score (nSPS) is 14.4. The summed E-state index contributed by atoms with van der Waals surface area (Å²) >= 11 is 0. The lowest BCUT2D eigenvalue weighted by Crippen LogP contribution is -2.14. The van der Waals surface area contributed by atoms with Crippen molar-refractivity contribution >= 4 is 5.97 Å². The first-order valence-electron chi connectivity index (χ1n) is 12.3. The highest BCUT2D eigenvalue weighted by Crippen LogP contribution is 2.45. The van der Waals surface area contributed by atoms with E-state index in [9.17, 15) is 14.3 Å². The van der Waals surface area contributed by atoms with Gasteiger partial charge in [-0.05, 0) is 72.4 Å². The highest BCUT2D eigenvalue weighted by atomic mass is 19.1. The molecule has 1 atom stereocenters. The molecule has 0 radical (unpaired) electrons. The Morgan fingerprint density at radius 3 is 2.61 bits per heavy atom. The molecule has 2 aromatic carbocycles. The second-order valence-corrected chi connectivity index (χ2v) is 10.6. The standard InChI is InChI=1S/C29H33FN2O4/c1-29(2,3)15-26-28(24-13-21(35-4)10-11-25(24)30)31-16-20(32-26)17-36-22-7-5-6-19(12-22)23(14-27(33)34)18-8-9-18/h5-7,10-13,16,18,23H,8-9,14-15,17H2,1-4H3,(H,33,34). The van der Waals surface area contributed by atoms with E-state index in [1.165, 1.54) is 6.07 Å². The van der Waals surface area contributed by atoms with Crippen molar-refractivity contribution in [3.05, 3.63) is 71.4 Å². The number of nitrogens with zero attached hydrogens (tertiary/aromatic N) is 2. The number of aliphatic carboxylic acids is 1. The molecule has 0 saturated heterocycles. The lowest BCUT2D eigenvalue weighted by Gasteiger charge is -2.20. The Morgan fingerprint density at radius 2 is 1.94 bits per heavy atom. The molecule has 0 aliphatic heterocycles. The molecule has 1 fully saturated rings. The van der Waals surface area contributed by atoms with E-state index in [2.05, 4.69) is 25.8 Å². The van der Waals surface area contributed by atoms with Gasteiger partial charge in [0, 0.05) is 5.56 Å². The molecule has 0 amide bonds. The molecular weight excluding hydrogens is 459 g/mol. The van der Waals surface area contributed by atoms with Gasteiger partial charge in [0.2, 0.25) is 0 Å². The first-order valence-corrected chi connectivity index (χ1v) is 12.3. The summed E-state index contributed by atoms with van der Waals surface area (Å²) < 4.78 is 26.1. The van der Waals surface area contributed by atoms with E-state index in [0.717, 1.165) is 18.4 Å². The summed E-state index contributed by atoms with van der Waals surface area (Å²) in [6, 6.07) is 12.2. The van der Waals surface area contributed by atoms with Crippen molar-refractivity contribution in [2.75, 3.05) is 7.11 Å². The van der Waals surface area contributed by atoms with E-state index in [-0.39, 0.29) is 30.2 Å². The van der Waals surface area contributed by atoms with Crippen LogP contribution in [0.4, 0.5) is 4.39 Å². The minimum absolute atomic E-state index is 0.00118. The van der Waals surface area contributed by atoms with E-state index in [1.807, 2.05) is 24.3 Å². The van der Waals surface area contributed by atoms with Crippen molar-refractivity contribution in [3.8, 4) is 22.8 Å². The number of methoxy groups -OCH3 is 1. The molecule has 0 spiro atoms. The second kappa shape index (κ2) is 10.6. The maximum Gasteiger partial charge on any atom is 0.303 e. The quantitative estimate of drug-likeness (QED) is 0.351. The summed E-state index contributed by atoms with van der Waals surface area (Å²) in [6.45, 7) is 6.49. The smallest absolute Gasteiger partial charge is 0.303 e. The zero-order valence-corrected chi connectivity index (χ0v) is 21.3. The Kier molecular flexibility index (Phi) is 7.57. The van der Waals surface area contributed by atoms with Gasteiger partial charge in [-0.15, -0.1) is 0 Å². The van der Waals surface area contributed by atoms with Crippen LogP contribution in [0.15, 0.2) is 48.7 Å². The van der Waals surface area contributed by atoms with Crippen LogP contribution in [0.5, 0.6) is 11.5 Å². The Bertz CT molecular complexity index is 1230. The fraction of sp³-hybridized carbons (Fsp3) is 0.414. The van der Waals surface area contributed by atoms with Crippen LogP contribution in [0.3, 0.4) is 0 Å². The van der Waals surface area contributed by atoms with Gasteiger partial charge in [0.05, 0.1) is 36.8 Å². The molecule has 1 N–H and O–H groups in total. The van der Waals surface area contributed by atoms with Gasteiger partial charge in [0.15, 0.2) is 0 Å². The fourth-order valence-electron chi connectivity index (χ4n) is 4.44. The van der Waals surface area contributed by atoms with Crippen molar-refractivity contribution in [3.63, 3.8) is 0 Å². The van der Waals surface area contributed by atoms with Crippen LogP contribution in [0.2, 0.25) is 0 Å². The van der Waals surface area contributed by atoms with Crippen LogP contribution >= 0.6 is 0 Å². The number of carboxylic acids is 1. The number of halogens is 1. The number of hydrogen-bond acceptors (Lipinski definition) is 5. The predicted molar refractivity (Wildman–Crippen MR) is 136 cm³/mol. The number of carbonyl (C=O) groups is 1. The molecule has 4 rings (SSSR count). The SMILES string of the molecule is COc1ccc(F)c(-c2ncc(COc3cccc(C(CC(=O)O)C4CC4)c3)nc2CC(C)(C)C)c1. The third kappa shape index (κ3) is 6.59. The molecule has 1 saturated carbocycles. The third-order valence-electron chi connectivity index (χ3n) is 6.28. The Balaban J connectivity index is 1.57. The van der Waals surface area contributed by atoms with E-state index in [4.69, 9.17) is 14.5 Å².